The number of benzene rings is 1. The van der Waals surface area contributed by atoms with Crippen LogP contribution in [0.1, 0.15) is 19.4 Å². The molecule has 0 aliphatic carbocycles. The van der Waals surface area contributed by atoms with Crippen molar-refractivity contribution < 1.29 is 5.11 Å². The normalized spacial score (nSPS) is 14.8. The molecule has 2 unspecified atom stereocenters. The Hall–Kier alpha value is -0.510. The molecule has 0 saturated heterocycles. The van der Waals surface area contributed by atoms with Crippen LogP contribution in [0, 0.1) is 0 Å². The van der Waals surface area contributed by atoms with E-state index in [2.05, 4.69) is 42.8 Å². The average Bonchev–Trinajstić information content (AvgIpc) is 2.29. The van der Waals surface area contributed by atoms with Gasteiger partial charge in [-0.2, -0.15) is 0 Å². The highest BCUT2D eigenvalue weighted by atomic mass is 32.2. The van der Waals surface area contributed by atoms with Crippen molar-refractivity contribution in [2.45, 2.75) is 37.2 Å². The van der Waals surface area contributed by atoms with Crippen molar-refractivity contribution in [2.75, 3.05) is 12.9 Å². The Morgan fingerprint density at radius 3 is 2.56 bits per heavy atom. The van der Waals surface area contributed by atoms with Crippen molar-refractivity contribution in [3.63, 3.8) is 0 Å². The largest absolute Gasteiger partial charge is 0.395 e. The number of rotatable bonds is 6. The number of aliphatic hydroxyl groups excluding tert-OH is 1. The van der Waals surface area contributed by atoms with Gasteiger partial charge in [0.1, 0.15) is 0 Å². The van der Waals surface area contributed by atoms with Crippen LogP contribution in [0.15, 0.2) is 29.2 Å². The molecule has 0 aliphatic rings. The van der Waals surface area contributed by atoms with Gasteiger partial charge in [-0.25, -0.2) is 0 Å². The van der Waals surface area contributed by atoms with Crippen LogP contribution in [0.5, 0.6) is 0 Å². The Morgan fingerprint density at radius 1 is 1.25 bits per heavy atom. The topological polar surface area (TPSA) is 32.3 Å². The summed E-state index contributed by atoms with van der Waals surface area (Å²) in [5.41, 5.74) is 1.38. The number of aliphatic hydroxyl groups is 1. The smallest absolute Gasteiger partial charge is 0.0582 e. The van der Waals surface area contributed by atoms with E-state index in [4.69, 9.17) is 5.11 Å². The molecule has 2 nitrogen and oxygen atoms in total. The fraction of sp³-hybridized carbons (Fsp3) is 0.538. The average molecular weight is 239 g/mol. The molecule has 16 heavy (non-hydrogen) atoms. The van der Waals surface area contributed by atoms with E-state index in [0.29, 0.717) is 6.04 Å². The number of hydrogen-bond acceptors (Lipinski definition) is 3. The van der Waals surface area contributed by atoms with Gasteiger partial charge >= 0.3 is 0 Å². The molecule has 0 amide bonds. The van der Waals surface area contributed by atoms with E-state index in [9.17, 15) is 0 Å². The maximum absolute atomic E-state index is 8.98. The van der Waals surface area contributed by atoms with E-state index in [0.717, 1.165) is 6.42 Å². The highest BCUT2D eigenvalue weighted by Gasteiger charge is 2.09. The molecule has 1 rings (SSSR count). The van der Waals surface area contributed by atoms with Gasteiger partial charge in [-0.05, 0) is 38.2 Å². The van der Waals surface area contributed by atoms with Crippen molar-refractivity contribution in [2.24, 2.45) is 0 Å². The van der Waals surface area contributed by atoms with Crippen molar-refractivity contribution >= 4 is 11.8 Å². The molecule has 90 valence electrons. The Kier molecular flexibility index (Phi) is 5.88. The van der Waals surface area contributed by atoms with Gasteiger partial charge in [-0.3, -0.25) is 0 Å². The molecule has 0 bridgehead atoms. The number of hydrogen-bond donors (Lipinski definition) is 2. The monoisotopic (exact) mass is 239 g/mol. The highest BCUT2D eigenvalue weighted by molar-refractivity contribution is 7.98. The van der Waals surface area contributed by atoms with Gasteiger partial charge in [0.05, 0.1) is 6.61 Å². The Balaban J connectivity index is 2.58. The first-order valence-corrected chi connectivity index (χ1v) is 6.88. The van der Waals surface area contributed by atoms with E-state index in [1.807, 2.05) is 6.92 Å². The molecule has 0 aliphatic heterocycles. The molecule has 2 N–H and O–H groups in total. The molecule has 0 heterocycles. The van der Waals surface area contributed by atoms with Crippen LogP contribution in [0.3, 0.4) is 0 Å². The van der Waals surface area contributed by atoms with Crippen LogP contribution in [0.4, 0.5) is 0 Å². The molecule has 0 saturated carbocycles. The summed E-state index contributed by atoms with van der Waals surface area (Å²) in [5.74, 6) is 0. The predicted molar refractivity (Wildman–Crippen MR) is 71.1 cm³/mol. The fourth-order valence-corrected chi connectivity index (χ4v) is 2.43. The zero-order chi connectivity index (χ0) is 12.0. The number of nitrogens with one attached hydrogen (secondary N) is 1. The summed E-state index contributed by atoms with van der Waals surface area (Å²) in [4.78, 5) is 1.34. The van der Waals surface area contributed by atoms with Gasteiger partial charge in [0, 0.05) is 17.0 Å². The van der Waals surface area contributed by atoms with Crippen LogP contribution in [0.25, 0.3) is 0 Å². The minimum absolute atomic E-state index is 0.163. The zero-order valence-corrected chi connectivity index (χ0v) is 11.1. The van der Waals surface area contributed by atoms with Crippen LogP contribution < -0.4 is 5.32 Å². The zero-order valence-electron chi connectivity index (χ0n) is 10.2. The molecule has 0 spiro atoms. The van der Waals surface area contributed by atoms with Crippen LogP contribution in [-0.4, -0.2) is 30.1 Å². The summed E-state index contributed by atoms with van der Waals surface area (Å²) in [6, 6.07) is 9.03. The van der Waals surface area contributed by atoms with Gasteiger partial charge in [-0.15, -0.1) is 11.8 Å². The second-order valence-corrected chi connectivity index (χ2v) is 5.02. The van der Waals surface area contributed by atoms with E-state index in [1.165, 1.54) is 10.5 Å². The van der Waals surface area contributed by atoms with Crippen LogP contribution in [-0.2, 0) is 6.42 Å². The fourth-order valence-electron chi connectivity index (χ4n) is 1.80. The van der Waals surface area contributed by atoms with Crippen LogP contribution >= 0.6 is 11.8 Å². The molecule has 1 aromatic carbocycles. The summed E-state index contributed by atoms with van der Waals surface area (Å²) in [7, 11) is 0. The lowest BCUT2D eigenvalue weighted by Gasteiger charge is -2.19. The van der Waals surface area contributed by atoms with Crippen molar-refractivity contribution in [3.8, 4) is 0 Å². The van der Waals surface area contributed by atoms with E-state index < -0.39 is 0 Å². The molecule has 1 aromatic rings. The summed E-state index contributed by atoms with van der Waals surface area (Å²) in [6.45, 7) is 4.34. The van der Waals surface area contributed by atoms with Gasteiger partial charge in [-0.1, -0.05) is 18.2 Å². The summed E-state index contributed by atoms with van der Waals surface area (Å²) < 4.78 is 0. The Morgan fingerprint density at radius 2 is 1.94 bits per heavy atom. The minimum atomic E-state index is 0.163. The third kappa shape index (κ3) is 4.16. The maximum atomic E-state index is 8.98. The lowest BCUT2D eigenvalue weighted by atomic mass is 10.1. The molecule has 0 fully saturated rings. The molecule has 0 radical (unpaired) electrons. The van der Waals surface area contributed by atoms with Crippen LogP contribution in [0.2, 0.25) is 0 Å². The Bertz CT molecular complexity index is 317. The first-order chi connectivity index (χ1) is 7.67. The van der Waals surface area contributed by atoms with Crippen molar-refractivity contribution in [1.29, 1.82) is 0 Å². The highest BCUT2D eigenvalue weighted by Crippen LogP contribution is 2.21. The quantitative estimate of drug-likeness (QED) is 0.747. The molecular weight excluding hydrogens is 218 g/mol. The Labute approximate surface area is 102 Å². The second kappa shape index (κ2) is 6.94. The van der Waals surface area contributed by atoms with Crippen molar-refractivity contribution in [3.05, 3.63) is 29.8 Å². The SMILES string of the molecule is CSc1ccccc1CC(C)NC(C)CO. The van der Waals surface area contributed by atoms with E-state index in [-0.39, 0.29) is 12.6 Å². The van der Waals surface area contributed by atoms with E-state index >= 15 is 0 Å². The number of thioether (sulfide) groups is 1. The van der Waals surface area contributed by atoms with E-state index in [1.54, 1.807) is 11.8 Å². The third-order valence-corrected chi connectivity index (χ3v) is 3.40. The molecule has 3 heteroatoms. The summed E-state index contributed by atoms with van der Waals surface area (Å²) in [6.07, 6.45) is 3.11. The van der Waals surface area contributed by atoms with Gasteiger partial charge in [0.25, 0.3) is 0 Å². The first-order valence-electron chi connectivity index (χ1n) is 5.66. The van der Waals surface area contributed by atoms with Gasteiger partial charge < -0.3 is 10.4 Å². The lowest BCUT2D eigenvalue weighted by molar-refractivity contribution is 0.242. The predicted octanol–water partition coefficient (Wildman–Crippen LogP) is 2.31. The van der Waals surface area contributed by atoms with Gasteiger partial charge in [0.15, 0.2) is 0 Å². The minimum Gasteiger partial charge on any atom is -0.395 e. The molecule has 0 aromatic heterocycles. The third-order valence-electron chi connectivity index (χ3n) is 2.56. The maximum Gasteiger partial charge on any atom is 0.0582 e. The van der Waals surface area contributed by atoms with Gasteiger partial charge in [0.2, 0.25) is 0 Å². The molecule has 2 atom stereocenters. The lowest BCUT2D eigenvalue weighted by Crippen LogP contribution is -2.38. The first kappa shape index (κ1) is 13.6. The van der Waals surface area contributed by atoms with Crippen molar-refractivity contribution in [1.82, 2.24) is 5.32 Å². The molecular formula is C13H21NOS. The second-order valence-electron chi connectivity index (χ2n) is 4.17. The summed E-state index contributed by atoms with van der Waals surface area (Å²) >= 11 is 1.78. The summed E-state index contributed by atoms with van der Waals surface area (Å²) in [5, 5.41) is 12.4. The standard InChI is InChI=1S/C13H21NOS/c1-10(14-11(2)9-15)8-12-6-4-5-7-13(12)16-3/h4-7,10-11,14-15H,8-9H2,1-3H3.